The standard InChI is InChI=1S/C12H21/c1-6-7-8-9-12(4,5)10-11(2)3/h11H,2,6-7,10H2,1,3-5H3. The molecule has 1 radical (unpaired) electrons. The predicted molar refractivity (Wildman–Crippen MR) is 55.6 cm³/mol. The van der Waals surface area contributed by atoms with E-state index in [-0.39, 0.29) is 5.41 Å². The van der Waals surface area contributed by atoms with Crippen LogP contribution in [-0.4, -0.2) is 0 Å². The van der Waals surface area contributed by atoms with Crippen molar-refractivity contribution in [3.8, 4) is 11.8 Å². The molecule has 0 amide bonds. The van der Waals surface area contributed by atoms with Crippen molar-refractivity contribution >= 4 is 0 Å². The Morgan fingerprint density at radius 2 is 2.00 bits per heavy atom. The Bertz CT molecular complexity index is 164. The summed E-state index contributed by atoms with van der Waals surface area (Å²) in [5.74, 6) is 7.00. The minimum absolute atomic E-state index is 0.149. The third-order valence-corrected chi connectivity index (χ3v) is 1.66. The van der Waals surface area contributed by atoms with Gasteiger partial charge in [-0.05, 0) is 32.6 Å². The zero-order valence-electron chi connectivity index (χ0n) is 8.91. The molecule has 69 valence electrons. The second kappa shape index (κ2) is 5.25. The fraction of sp³-hybridized carbons (Fsp3) is 0.750. The van der Waals surface area contributed by atoms with Gasteiger partial charge in [0.25, 0.3) is 0 Å². The normalized spacial score (nSPS) is 11.2. The molecule has 1 unspecified atom stereocenters. The second-order valence-electron chi connectivity index (χ2n) is 4.24. The smallest absolute Gasteiger partial charge is 0.0261 e. The molecule has 0 aromatic heterocycles. The quantitative estimate of drug-likeness (QED) is 0.560. The molecule has 0 nitrogen and oxygen atoms in total. The van der Waals surface area contributed by atoms with Crippen LogP contribution < -0.4 is 0 Å². The summed E-state index contributed by atoms with van der Waals surface area (Å²) in [6.45, 7) is 12.7. The predicted octanol–water partition coefficient (Wildman–Crippen LogP) is 3.68. The van der Waals surface area contributed by atoms with Crippen LogP contribution in [0.4, 0.5) is 0 Å². The first-order valence-electron chi connectivity index (χ1n) is 4.81. The van der Waals surface area contributed by atoms with Crippen LogP contribution in [0.2, 0.25) is 0 Å². The van der Waals surface area contributed by atoms with Crippen molar-refractivity contribution in [2.75, 3.05) is 0 Å². The molecular formula is C12H21. The molecule has 0 heterocycles. The van der Waals surface area contributed by atoms with Crippen LogP contribution in [0.1, 0.15) is 47.0 Å². The minimum Gasteiger partial charge on any atom is -0.103 e. The zero-order chi connectivity index (χ0) is 9.61. The molecular weight excluding hydrogens is 144 g/mol. The van der Waals surface area contributed by atoms with Gasteiger partial charge in [-0.25, -0.2) is 0 Å². The molecule has 0 aliphatic rings. The molecule has 0 N–H and O–H groups in total. The maximum absolute atomic E-state index is 3.98. The first-order valence-corrected chi connectivity index (χ1v) is 4.81. The van der Waals surface area contributed by atoms with E-state index in [2.05, 4.69) is 46.5 Å². The van der Waals surface area contributed by atoms with E-state index in [1.165, 1.54) is 0 Å². The summed E-state index contributed by atoms with van der Waals surface area (Å²) in [6.07, 6.45) is 3.27. The Morgan fingerprint density at radius 1 is 1.42 bits per heavy atom. The lowest BCUT2D eigenvalue weighted by Crippen LogP contribution is -2.11. The van der Waals surface area contributed by atoms with Crippen LogP contribution in [0.5, 0.6) is 0 Å². The molecule has 0 bridgehead atoms. The van der Waals surface area contributed by atoms with Crippen LogP contribution in [0.25, 0.3) is 0 Å². The summed E-state index contributed by atoms with van der Waals surface area (Å²) < 4.78 is 0. The van der Waals surface area contributed by atoms with Crippen LogP contribution in [0.3, 0.4) is 0 Å². The Hall–Kier alpha value is -0.440. The highest BCUT2D eigenvalue weighted by Gasteiger charge is 2.15. The SMILES string of the molecule is [CH2]C(C)CC(C)(C)C#CCCC. The molecule has 0 fully saturated rings. The van der Waals surface area contributed by atoms with Gasteiger partial charge < -0.3 is 0 Å². The van der Waals surface area contributed by atoms with Crippen LogP contribution in [0.15, 0.2) is 0 Å². The number of hydrogen-bond donors (Lipinski definition) is 0. The molecule has 0 aliphatic carbocycles. The maximum atomic E-state index is 3.98. The lowest BCUT2D eigenvalue weighted by molar-refractivity contribution is 0.401. The van der Waals surface area contributed by atoms with E-state index in [1.807, 2.05) is 0 Å². The molecule has 0 aromatic carbocycles. The lowest BCUT2D eigenvalue weighted by Gasteiger charge is -2.19. The van der Waals surface area contributed by atoms with Gasteiger partial charge in [-0.1, -0.05) is 26.7 Å². The molecule has 12 heavy (non-hydrogen) atoms. The van der Waals surface area contributed by atoms with Crippen molar-refractivity contribution < 1.29 is 0 Å². The van der Waals surface area contributed by atoms with Gasteiger partial charge in [0.1, 0.15) is 0 Å². The van der Waals surface area contributed by atoms with E-state index in [9.17, 15) is 0 Å². The van der Waals surface area contributed by atoms with Crippen molar-refractivity contribution in [3.63, 3.8) is 0 Å². The summed E-state index contributed by atoms with van der Waals surface area (Å²) in [4.78, 5) is 0. The number of hydrogen-bond acceptors (Lipinski definition) is 0. The topological polar surface area (TPSA) is 0 Å². The highest BCUT2D eigenvalue weighted by Crippen LogP contribution is 2.23. The first kappa shape index (κ1) is 11.6. The van der Waals surface area contributed by atoms with Gasteiger partial charge in [0.05, 0.1) is 0 Å². The second-order valence-corrected chi connectivity index (χ2v) is 4.24. The third kappa shape index (κ3) is 6.28. The van der Waals surface area contributed by atoms with Crippen molar-refractivity contribution in [1.29, 1.82) is 0 Å². The van der Waals surface area contributed by atoms with E-state index >= 15 is 0 Å². The van der Waals surface area contributed by atoms with Crippen molar-refractivity contribution in [2.24, 2.45) is 11.3 Å². The summed E-state index contributed by atoms with van der Waals surface area (Å²) in [5, 5.41) is 0. The molecule has 0 aliphatic heterocycles. The maximum Gasteiger partial charge on any atom is 0.0261 e. The Labute approximate surface area is 77.8 Å². The molecule has 1 atom stereocenters. The van der Waals surface area contributed by atoms with Crippen LogP contribution >= 0.6 is 0 Å². The fourth-order valence-electron chi connectivity index (χ4n) is 1.35. The first-order chi connectivity index (χ1) is 5.48. The Balaban J connectivity index is 3.96. The minimum atomic E-state index is 0.149. The summed E-state index contributed by atoms with van der Waals surface area (Å²) in [7, 11) is 0. The van der Waals surface area contributed by atoms with Crippen LogP contribution in [0, 0.1) is 30.1 Å². The average molecular weight is 165 g/mol. The molecule has 0 aromatic rings. The van der Waals surface area contributed by atoms with Gasteiger partial charge in [0, 0.05) is 11.8 Å². The summed E-state index contributed by atoms with van der Waals surface area (Å²) >= 11 is 0. The van der Waals surface area contributed by atoms with Gasteiger partial charge in [-0.3, -0.25) is 0 Å². The van der Waals surface area contributed by atoms with Crippen molar-refractivity contribution in [3.05, 3.63) is 6.92 Å². The molecule has 0 saturated heterocycles. The fourth-order valence-corrected chi connectivity index (χ4v) is 1.35. The largest absolute Gasteiger partial charge is 0.103 e. The van der Waals surface area contributed by atoms with Gasteiger partial charge in [0.2, 0.25) is 0 Å². The van der Waals surface area contributed by atoms with E-state index in [4.69, 9.17) is 0 Å². The molecule has 0 rings (SSSR count). The molecule has 0 heteroatoms. The summed E-state index contributed by atoms with van der Waals surface area (Å²) in [6, 6.07) is 0. The van der Waals surface area contributed by atoms with Gasteiger partial charge in [-0.2, -0.15) is 0 Å². The highest BCUT2D eigenvalue weighted by molar-refractivity contribution is 5.08. The lowest BCUT2D eigenvalue weighted by atomic mass is 9.84. The van der Waals surface area contributed by atoms with Gasteiger partial charge in [0.15, 0.2) is 0 Å². The van der Waals surface area contributed by atoms with Crippen molar-refractivity contribution in [1.82, 2.24) is 0 Å². The van der Waals surface area contributed by atoms with Gasteiger partial charge >= 0.3 is 0 Å². The van der Waals surface area contributed by atoms with Crippen molar-refractivity contribution in [2.45, 2.75) is 47.0 Å². The number of unbranched alkanes of at least 4 members (excludes halogenated alkanes) is 1. The van der Waals surface area contributed by atoms with E-state index in [0.717, 1.165) is 19.3 Å². The summed E-state index contributed by atoms with van der Waals surface area (Å²) in [5.41, 5.74) is 0.149. The monoisotopic (exact) mass is 165 g/mol. The third-order valence-electron chi connectivity index (χ3n) is 1.66. The average Bonchev–Trinajstić information content (AvgIpc) is 1.84. The number of rotatable bonds is 3. The zero-order valence-corrected chi connectivity index (χ0v) is 8.91. The highest BCUT2D eigenvalue weighted by atomic mass is 14.2. The Kier molecular flexibility index (Phi) is 5.06. The van der Waals surface area contributed by atoms with Gasteiger partial charge in [-0.15, -0.1) is 5.92 Å². The van der Waals surface area contributed by atoms with E-state index in [0.29, 0.717) is 5.92 Å². The molecule has 0 saturated carbocycles. The molecule has 0 spiro atoms. The van der Waals surface area contributed by atoms with Crippen LogP contribution in [-0.2, 0) is 0 Å². The Morgan fingerprint density at radius 3 is 2.42 bits per heavy atom. The van der Waals surface area contributed by atoms with E-state index < -0.39 is 0 Å². The van der Waals surface area contributed by atoms with E-state index in [1.54, 1.807) is 0 Å².